The maximum absolute atomic E-state index is 12.9. The lowest BCUT2D eigenvalue weighted by atomic mass is 10.1. The molecule has 0 heterocycles. The van der Waals surface area contributed by atoms with Crippen molar-refractivity contribution in [2.75, 3.05) is 0 Å². The van der Waals surface area contributed by atoms with E-state index in [-0.39, 0.29) is 5.56 Å². The molecule has 1 aromatic carbocycles. The maximum Gasteiger partial charge on any atom is 0.573 e. The van der Waals surface area contributed by atoms with Crippen LogP contribution in [0.2, 0.25) is 0 Å². The van der Waals surface area contributed by atoms with E-state index >= 15 is 0 Å². The number of hydrogen-bond donors (Lipinski definition) is 1. The fourth-order valence-corrected chi connectivity index (χ4v) is 0.991. The minimum Gasteiger partial charge on any atom is -0.403 e. The first-order chi connectivity index (χ1) is 7.33. The average molecular weight is 234 g/mol. The molecule has 3 nitrogen and oxygen atoms in total. The highest BCUT2D eigenvalue weighted by atomic mass is 19.4. The lowest BCUT2D eigenvalue weighted by Crippen LogP contribution is -2.18. The number of hydrogen-bond acceptors (Lipinski definition) is 3. The van der Waals surface area contributed by atoms with Crippen LogP contribution in [0.15, 0.2) is 18.2 Å². The molecule has 0 saturated heterocycles. The Hall–Kier alpha value is -1.81. The number of nitrogens with two attached hydrogens (primary N) is 1. The van der Waals surface area contributed by atoms with Gasteiger partial charge < -0.3 is 10.5 Å². The Kier molecular flexibility index (Phi) is 3.34. The number of alkyl halides is 3. The summed E-state index contributed by atoms with van der Waals surface area (Å²) in [7, 11) is 0. The number of rotatable bonds is 2. The second kappa shape index (κ2) is 4.37. The van der Waals surface area contributed by atoms with Gasteiger partial charge in [-0.05, 0) is 17.7 Å². The summed E-state index contributed by atoms with van der Waals surface area (Å²) in [5.74, 6) is -2.18. The third-order valence-electron chi connectivity index (χ3n) is 1.68. The molecule has 7 heteroatoms. The van der Waals surface area contributed by atoms with Gasteiger partial charge in [0.25, 0.3) is 0 Å². The molecule has 16 heavy (non-hydrogen) atoms. The first-order valence-electron chi connectivity index (χ1n) is 4.04. The molecule has 0 spiro atoms. The molecule has 0 aliphatic rings. The van der Waals surface area contributed by atoms with E-state index in [0.717, 1.165) is 18.2 Å². The normalized spacial score (nSPS) is 13.0. The zero-order valence-electron chi connectivity index (χ0n) is 7.75. The van der Waals surface area contributed by atoms with Crippen LogP contribution in [0.25, 0.3) is 0 Å². The van der Waals surface area contributed by atoms with Gasteiger partial charge in [-0.25, -0.2) is 4.39 Å². The van der Waals surface area contributed by atoms with Crippen molar-refractivity contribution >= 4 is 0 Å². The number of nitrogens with zero attached hydrogens (tertiary/aromatic N) is 1. The summed E-state index contributed by atoms with van der Waals surface area (Å²) in [5.41, 5.74) is 5.30. The Morgan fingerprint density at radius 2 is 2.00 bits per heavy atom. The smallest absolute Gasteiger partial charge is 0.403 e. The molecule has 1 atom stereocenters. The third kappa shape index (κ3) is 3.10. The van der Waals surface area contributed by atoms with Crippen molar-refractivity contribution in [2.24, 2.45) is 5.73 Å². The number of nitriles is 1. The largest absolute Gasteiger partial charge is 0.573 e. The van der Waals surface area contributed by atoms with Crippen molar-refractivity contribution in [1.82, 2.24) is 0 Å². The van der Waals surface area contributed by atoms with Gasteiger partial charge in [-0.1, -0.05) is 6.07 Å². The molecule has 0 amide bonds. The molecule has 0 radical (unpaired) electrons. The SMILES string of the molecule is N#CC(N)c1ccc(F)c(OC(F)(F)F)c1. The van der Waals surface area contributed by atoms with Gasteiger partial charge in [0.2, 0.25) is 0 Å². The quantitative estimate of drug-likeness (QED) is 0.798. The summed E-state index contributed by atoms with van der Waals surface area (Å²) in [5, 5.41) is 8.45. The number of ether oxygens (including phenoxy) is 1. The Labute approximate surface area is 88.0 Å². The molecule has 0 saturated carbocycles. The van der Waals surface area contributed by atoms with E-state index in [9.17, 15) is 17.6 Å². The van der Waals surface area contributed by atoms with Crippen LogP contribution in [-0.2, 0) is 0 Å². The van der Waals surface area contributed by atoms with Crippen molar-refractivity contribution in [2.45, 2.75) is 12.4 Å². The summed E-state index contributed by atoms with van der Waals surface area (Å²) in [6.45, 7) is 0. The van der Waals surface area contributed by atoms with E-state index in [0.29, 0.717) is 0 Å². The van der Waals surface area contributed by atoms with Crippen LogP contribution in [0.5, 0.6) is 5.75 Å². The predicted molar refractivity (Wildman–Crippen MR) is 45.6 cm³/mol. The zero-order valence-corrected chi connectivity index (χ0v) is 7.75. The second-order valence-electron chi connectivity index (χ2n) is 2.84. The Morgan fingerprint density at radius 1 is 1.38 bits per heavy atom. The average Bonchev–Trinajstić information content (AvgIpc) is 2.18. The lowest BCUT2D eigenvalue weighted by molar-refractivity contribution is -0.275. The van der Waals surface area contributed by atoms with Gasteiger partial charge >= 0.3 is 6.36 Å². The molecule has 1 unspecified atom stereocenters. The van der Waals surface area contributed by atoms with Crippen molar-refractivity contribution in [3.8, 4) is 11.8 Å². The van der Waals surface area contributed by atoms with Gasteiger partial charge in [-0.15, -0.1) is 13.2 Å². The topological polar surface area (TPSA) is 59.0 Å². The van der Waals surface area contributed by atoms with Crippen LogP contribution in [0.1, 0.15) is 11.6 Å². The third-order valence-corrected chi connectivity index (χ3v) is 1.68. The van der Waals surface area contributed by atoms with Crippen LogP contribution in [-0.4, -0.2) is 6.36 Å². The van der Waals surface area contributed by atoms with E-state index in [2.05, 4.69) is 4.74 Å². The standard InChI is InChI=1S/C9H6F4N2O/c10-6-2-1-5(7(15)4-14)3-8(6)16-9(11,12)13/h1-3,7H,15H2. The number of benzene rings is 1. The molecule has 0 aromatic heterocycles. The first-order valence-corrected chi connectivity index (χ1v) is 4.04. The Bertz CT molecular complexity index is 424. The van der Waals surface area contributed by atoms with E-state index < -0.39 is 24.0 Å². The van der Waals surface area contributed by atoms with Crippen LogP contribution in [0.3, 0.4) is 0 Å². The van der Waals surface area contributed by atoms with Crippen LogP contribution in [0.4, 0.5) is 17.6 Å². The first kappa shape index (κ1) is 12.3. The zero-order chi connectivity index (χ0) is 12.3. The van der Waals surface area contributed by atoms with Crippen LogP contribution < -0.4 is 10.5 Å². The molecule has 86 valence electrons. The van der Waals surface area contributed by atoms with Gasteiger partial charge in [0, 0.05) is 0 Å². The lowest BCUT2D eigenvalue weighted by Gasteiger charge is -2.11. The monoisotopic (exact) mass is 234 g/mol. The van der Waals surface area contributed by atoms with Gasteiger partial charge in [0.05, 0.1) is 6.07 Å². The van der Waals surface area contributed by atoms with E-state index in [4.69, 9.17) is 11.0 Å². The molecule has 0 aliphatic carbocycles. The summed E-state index contributed by atoms with van der Waals surface area (Å²) in [6, 6.07) is 3.10. The Morgan fingerprint density at radius 3 is 2.50 bits per heavy atom. The molecular formula is C9H6F4N2O. The fourth-order valence-electron chi connectivity index (χ4n) is 0.991. The minimum atomic E-state index is -4.99. The second-order valence-corrected chi connectivity index (χ2v) is 2.84. The number of halogens is 4. The maximum atomic E-state index is 12.9. The van der Waals surface area contributed by atoms with Crippen molar-refractivity contribution in [3.05, 3.63) is 29.6 Å². The molecule has 2 N–H and O–H groups in total. The summed E-state index contributed by atoms with van der Waals surface area (Å²) >= 11 is 0. The van der Waals surface area contributed by atoms with Crippen LogP contribution in [0, 0.1) is 17.1 Å². The summed E-state index contributed by atoms with van der Waals surface area (Å²) in [6.07, 6.45) is -4.99. The summed E-state index contributed by atoms with van der Waals surface area (Å²) < 4.78 is 51.9. The molecule has 0 bridgehead atoms. The van der Waals surface area contributed by atoms with Gasteiger partial charge in [0.1, 0.15) is 6.04 Å². The van der Waals surface area contributed by atoms with E-state index in [1.807, 2.05) is 0 Å². The fraction of sp³-hybridized carbons (Fsp3) is 0.222. The molecule has 1 rings (SSSR count). The van der Waals surface area contributed by atoms with Crippen molar-refractivity contribution in [1.29, 1.82) is 5.26 Å². The minimum absolute atomic E-state index is 0.0446. The molecular weight excluding hydrogens is 228 g/mol. The Balaban J connectivity index is 3.05. The molecule has 0 aliphatic heterocycles. The van der Waals surface area contributed by atoms with Crippen molar-refractivity contribution in [3.63, 3.8) is 0 Å². The van der Waals surface area contributed by atoms with E-state index in [1.54, 1.807) is 6.07 Å². The summed E-state index contributed by atoms with van der Waals surface area (Å²) in [4.78, 5) is 0. The molecule has 0 fully saturated rings. The highest BCUT2D eigenvalue weighted by molar-refractivity contribution is 5.34. The predicted octanol–water partition coefficient (Wildman–Crippen LogP) is 2.25. The van der Waals surface area contributed by atoms with E-state index in [1.165, 1.54) is 0 Å². The van der Waals surface area contributed by atoms with Gasteiger partial charge in [-0.2, -0.15) is 5.26 Å². The van der Waals surface area contributed by atoms with Gasteiger partial charge in [-0.3, -0.25) is 0 Å². The van der Waals surface area contributed by atoms with Gasteiger partial charge in [0.15, 0.2) is 11.6 Å². The van der Waals surface area contributed by atoms with Crippen LogP contribution >= 0.6 is 0 Å². The molecule has 1 aromatic rings. The highest BCUT2D eigenvalue weighted by Gasteiger charge is 2.32. The van der Waals surface area contributed by atoms with Crippen molar-refractivity contribution < 1.29 is 22.3 Å². The highest BCUT2D eigenvalue weighted by Crippen LogP contribution is 2.27.